The normalized spacial score (nSPS) is 18.5. The van der Waals surface area contributed by atoms with Crippen LogP contribution < -0.4 is 10.5 Å². The van der Waals surface area contributed by atoms with E-state index in [9.17, 15) is 14.9 Å². The SMILES string of the molecule is CC1(Cn2nc(-c3ccc(Cl)cc3)oc2=O)Cn2cc([N+](=O)[O-])nc2O1. The summed E-state index contributed by atoms with van der Waals surface area (Å²) in [6, 6.07) is 6.86. The highest BCUT2D eigenvalue weighted by molar-refractivity contribution is 6.30. The molecule has 1 aliphatic rings. The molecule has 0 saturated carbocycles. The van der Waals surface area contributed by atoms with Crippen LogP contribution in [0.25, 0.3) is 11.5 Å². The number of hydrogen-bond acceptors (Lipinski definition) is 7. The molecular weight excluding hydrogens is 366 g/mol. The molecule has 134 valence electrons. The Balaban J connectivity index is 1.56. The van der Waals surface area contributed by atoms with Crippen LogP contribution in [0.2, 0.25) is 5.02 Å². The van der Waals surface area contributed by atoms with Crippen LogP contribution in [0.15, 0.2) is 39.7 Å². The van der Waals surface area contributed by atoms with E-state index in [1.54, 1.807) is 31.2 Å². The first-order chi connectivity index (χ1) is 12.3. The molecule has 3 aromatic rings. The lowest BCUT2D eigenvalue weighted by Crippen LogP contribution is -2.39. The van der Waals surface area contributed by atoms with Crippen molar-refractivity contribution in [2.45, 2.75) is 25.6 Å². The first-order valence-corrected chi connectivity index (χ1v) is 7.95. The highest BCUT2D eigenvalue weighted by Gasteiger charge is 2.41. The number of rotatable bonds is 4. The molecule has 0 saturated heterocycles. The maximum atomic E-state index is 12.1. The van der Waals surface area contributed by atoms with Crippen molar-refractivity contribution in [2.24, 2.45) is 0 Å². The molecule has 0 spiro atoms. The van der Waals surface area contributed by atoms with Crippen LogP contribution in [-0.4, -0.2) is 29.9 Å². The molecule has 0 bridgehead atoms. The van der Waals surface area contributed by atoms with E-state index in [4.69, 9.17) is 20.8 Å². The summed E-state index contributed by atoms with van der Waals surface area (Å²) >= 11 is 5.85. The van der Waals surface area contributed by atoms with Crippen molar-refractivity contribution in [2.75, 3.05) is 0 Å². The Hall–Kier alpha value is -3.14. The number of nitro groups is 1. The fraction of sp³-hybridized carbons (Fsp3) is 0.267. The van der Waals surface area contributed by atoms with Gasteiger partial charge in [0.2, 0.25) is 5.89 Å². The van der Waals surface area contributed by atoms with Gasteiger partial charge in [-0.05, 0) is 36.1 Å². The average molecular weight is 378 g/mol. The minimum atomic E-state index is -0.838. The highest BCUT2D eigenvalue weighted by atomic mass is 35.5. The predicted molar refractivity (Wildman–Crippen MR) is 89.1 cm³/mol. The Morgan fingerprint density at radius 2 is 2.12 bits per heavy atom. The van der Waals surface area contributed by atoms with Crippen LogP contribution in [0.1, 0.15) is 6.92 Å². The van der Waals surface area contributed by atoms with Crippen molar-refractivity contribution < 1.29 is 14.1 Å². The minimum absolute atomic E-state index is 0.0973. The third-order valence-corrected chi connectivity index (χ3v) is 4.19. The zero-order chi connectivity index (χ0) is 18.5. The van der Waals surface area contributed by atoms with E-state index in [0.717, 1.165) is 4.68 Å². The third-order valence-electron chi connectivity index (χ3n) is 3.94. The second-order valence-corrected chi connectivity index (χ2v) is 6.59. The van der Waals surface area contributed by atoms with Crippen LogP contribution in [0.5, 0.6) is 6.01 Å². The van der Waals surface area contributed by atoms with Gasteiger partial charge in [0.05, 0.1) is 13.1 Å². The molecule has 1 atom stereocenters. The number of ether oxygens (including phenoxy) is 1. The van der Waals surface area contributed by atoms with Gasteiger partial charge in [0.1, 0.15) is 11.8 Å². The van der Waals surface area contributed by atoms with Crippen molar-refractivity contribution >= 4 is 17.4 Å². The van der Waals surface area contributed by atoms with Gasteiger partial charge in [-0.1, -0.05) is 11.6 Å². The quantitative estimate of drug-likeness (QED) is 0.504. The lowest BCUT2D eigenvalue weighted by molar-refractivity contribution is -0.389. The van der Waals surface area contributed by atoms with E-state index < -0.39 is 16.3 Å². The first kappa shape index (κ1) is 16.3. The molecule has 4 rings (SSSR count). The van der Waals surface area contributed by atoms with E-state index >= 15 is 0 Å². The van der Waals surface area contributed by atoms with Crippen molar-refractivity contribution in [3.63, 3.8) is 0 Å². The fourth-order valence-corrected chi connectivity index (χ4v) is 2.92. The van der Waals surface area contributed by atoms with E-state index in [0.29, 0.717) is 17.1 Å². The first-order valence-electron chi connectivity index (χ1n) is 7.57. The largest absolute Gasteiger partial charge is 0.437 e. The number of aromatic nitrogens is 4. The molecular formula is C15H12ClN5O5. The summed E-state index contributed by atoms with van der Waals surface area (Å²) in [4.78, 5) is 26.1. The Morgan fingerprint density at radius 1 is 1.38 bits per heavy atom. The predicted octanol–water partition coefficient (Wildman–Crippen LogP) is 2.11. The van der Waals surface area contributed by atoms with Gasteiger partial charge >= 0.3 is 17.6 Å². The molecule has 0 amide bonds. The maximum absolute atomic E-state index is 12.1. The fourth-order valence-electron chi connectivity index (χ4n) is 2.80. The molecule has 10 nitrogen and oxygen atoms in total. The summed E-state index contributed by atoms with van der Waals surface area (Å²) in [7, 11) is 0. The number of fused-ring (bicyclic) bond motifs is 1. The van der Waals surface area contributed by atoms with Gasteiger partial charge in [0.15, 0.2) is 0 Å². The standard InChI is InChI=1S/C15H12ClN5O5/c1-15(7-19-6-11(21(23)24)17-13(19)26-15)8-20-14(22)25-12(18-20)9-2-4-10(16)5-3-9/h2-6H,7-8H2,1H3. The van der Waals surface area contributed by atoms with Gasteiger partial charge < -0.3 is 19.3 Å². The van der Waals surface area contributed by atoms with E-state index in [1.165, 1.54) is 10.8 Å². The molecule has 2 aromatic heterocycles. The van der Waals surface area contributed by atoms with Crippen LogP contribution in [0.3, 0.4) is 0 Å². The zero-order valence-electron chi connectivity index (χ0n) is 13.5. The Morgan fingerprint density at radius 3 is 2.77 bits per heavy atom. The Labute approximate surface area is 150 Å². The highest BCUT2D eigenvalue weighted by Crippen LogP contribution is 2.31. The summed E-state index contributed by atoms with van der Waals surface area (Å²) < 4.78 is 13.6. The van der Waals surface area contributed by atoms with E-state index in [-0.39, 0.29) is 24.3 Å². The molecule has 0 radical (unpaired) electrons. The minimum Gasteiger partial charge on any atom is -0.436 e. The average Bonchev–Trinajstić information content (AvgIpc) is 3.20. The third kappa shape index (κ3) is 2.84. The summed E-state index contributed by atoms with van der Waals surface area (Å²) in [5.41, 5.74) is -0.221. The smallest absolute Gasteiger partial charge is 0.436 e. The molecule has 26 heavy (non-hydrogen) atoms. The summed E-state index contributed by atoms with van der Waals surface area (Å²) in [6.07, 6.45) is 1.30. The molecule has 0 fully saturated rings. The number of halogens is 1. The number of nitrogens with zero attached hydrogens (tertiary/aromatic N) is 5. The monoisotopic (exact) mass is 377 g/mol. The lowest BCUT2D eigenvalue weighted by atomic mass is 10.1. The maximum Gasteiger partial charge on any atom is 0.437 e. The molecule has 11 heteroatoms. The summed E-state index contributed by atoms with van der Waals surface area (Å²) in [6.45, 7) is 2.15. The summed E-state index contributed by atoms with van der Waals surface area (Å²) in [5.74, 6) is -0.748. The van der Waals surface area contributed by atoms with Gasteiger partial charge in [0.25, 0.3) is 0 Å². The van der Waals surface area contributed by atoms with Crippen LogP contribution in [0.4, 0.5) is 5.82 Å². The number of hydrogen-bond donors (Lipinski definition) is 0. The molecule has 1 aliphatic heterocycles. The van der Waals surface area contributed by atoms with Crippen molar-refractivity contribution in [3.8, 4) is 17.5 Å². The van der Waals surface area contributed by atoms with E-state index in [2.05, 4.69) is 10.1 Å². The van der Waals surface area contributed by atoms with Gasteiger partial charge in [0, 0.05) is 15.6 Å². The molecule has 0 aliphatic carbocycles. The zero-order valence-corrected chi connectivity index (χ0v) is 14.2. The van der Waals surface area contributed by atoms with Gasteiger partial charge in [-0.25, -0.2) is 4.79 Å². The second kappa shape index (κ2) is 5.70. The molecule has 0 N–H and O–H groups in total. The second-order valence-electron chi connectivity index (χ2n) is 6.16. The number of benzene rings is 1. The van der Waals surface area contributed by atoms with Crippen molar-refractivity contribution in [1.29, 1.82) is 0 Å². The number of imidazole rings is 1. The van der Waals surface area contributed by atoms with Crippen LogP contribution >= 0.6 is 11.6 Å². The van der Waals surface area contributed by atoms with Crippen LogP contribution in [0, 0.1) is 10.1 Å². The van der Waals surface area contributed by atoms with E-state index in [1.807, 2.05) is 0 Å². The molecule has 3 heterocycles. The van der Waals surface area contributed by atoms with Crippen LogP contribution in [-0.2, 0) is 13.1 Å². The Bertz CT molecular complexity index is 1030. The summed E-state index contributed by atoms with van der Waals surface area (Å²) in [5, 5.41) is 15.5. The van der Waals surface area contributed by atoms with Gasteiger partial charge in [-0.2, -0.15) is 4.68 Å². The lowest BCUT2D eigenvalue weighted by Gasteiger charge is -2.20. The van der Waals surface area contributed by atoms with Crippen molar-refractivity contribution in [3.05, 3.63) is 56.1 Å². The van der Waals surface area contributed by atoms with Gasteiger partial charge in [-0.3, -0.25) is 4.57 Å². The Kier molecular flexibility index (Phi) is 3.58. The van der Waals surface area contributed by atoms with Crippen molar-refractivity contribution in [1.82, 2.24) is 19.3 Å². The molecule has 1 unspecified atom stereocenters. The van der Waals surface area contributed by atoms with Gasteiger partial charge in [-0.15, -0.1) is 5.10 Å². The molecule has 1 aromatic carbocycles. The topological polar surface area (TPSA) is 118 Å².